The number of nitrogens with zero attached hydrogens (tertiary/aromatic N) is 1. The Balaban J connectivity index is 1.95. The topological polar surface area (TPSA) is 83.8 Å². The van der Waals surface area contributed by atoms with E-state index in [4.69, 9.17) is 9.15 Å². The number of carbonyl (C=O) groups excluding carboxylic acids is 2. The van der Waals surface area contributed by atoms with E-state index in [2.05, 4.69) is 10.6 Å². The average molecular weight is 331 g/mol. The lowest BCUT2D eigenvalue weighted by Crippen LogP contribution is -2.40. The number of hydrogen-bond donors (Lipinski definition) is 2. The Hall–Kier alpha value is -2.80. The standard InChI is InChI=1S/C17H21N3O4/c1-20(2)13(15-9-6-10-24-15)11-18-16(21)17(22)19-12-7-4-5-8-14(12)23-3/h4-10,13H,11H2,1-3H3,(H,18,21)(H,19,22)/t13-/m1/s1. The van der Waals surface area contributed by atoms with Crippen LogP contribution in [0, 0.1) is 0 Å². The van der Waals surface area contributed by atoms with Crippen molar-refractivity contribution in [3.8, 4) is 5.75 Å². The van der Waals surface area contributed by atoms with Gasteiger partial charge in [-0.15, -0.1) is 0 Å². The van der Waals surface area contributed by atoms with E-state index >= 15 is 0 Å². The molecule has 0 aliphatic carbocycles. The maximum Gasteiger partial charge on any atom is 0.313 e. The predicted octanol–water partition coefficient (Wildman–Crippen LogP) is 1.65. The zero-order chi connectivity index (χ0) is 17.5. The van der Waals surface area contributed by atoms with E-state index in [0.29, 0.717) is 17.2 Å². The molecule has 0 radical (unpaired) electrons. The third kappa shape index (κ3) is 4.36. The van der Waals surface area contributed by atoms with Crippen LogP contribution in [-0.4, -0.2) is 44.5 Å². The molecule has 0 spiro atoms. The van der Waals surface area contributed by atoms with E-state index in [0.717, 1.165) is 0 Å². The summed E-state index contributed by atoms with van der Waals surface area (Å²) in [5.41, 5.74) is 0.440. The Bertz CT molecular complexity index is 683. The molecular formula is C17H21N3O4. The van der Waals surface area contributed by atoms with Crippen molar-refractivity contribution < 1.29 is 18.7 Å². The first-order valence-electron chi connectivity index (χ1n) is 7.45. The summed E-state index contributed by atoms with van der Waals surface area (Å²) in [5.74, 6) is -0.276. The molecule has 1 atom stereocenters. The van der Waals surface area contributed by atoms with Crippen molar-refractivity contribution in [3.05, 3.63) is 48.4 Å². The summed E-state index contributed by atoms with van der Waals surface area (Å²) >= 11 is 0. The number of nitrogens with one attached hydrogen (secondary N) is 2. The smallest absolute Gasteiger partial charge is 0.313 e. The second-order valence-corrected chi connectivity index (χ2v) is 5.36. The Kier molecular flexibility index (Phi) is 5.97. The first kappa shape index (κ1) is 17.6. The fourth-order valence-corrected chi connectivity index (χ4v) is 2.22. The summed E-state index contributed by atoms with van der Waals surface area (Å²) in [5, 5.41) is 5.15. The van der Waals surface area contributed by atoms with Gasteiger partial charge in [0.25, 0.3) is 0 Å². The van der Waals surface area contributed by atoms with Gasteiger partial charge < -0.3 is 19.8 Å². The average Bonchev–Trinajstić information content (AvgIpc) is 3.09. The molecule has 7 heteroatoms. The van der Waals surface area contributed by atoms with Crippen LogP contribution in [-0.2, 0) is 9.59 Å². The highest BCUT2D eigenvalue weighted by Gasteiger charge is 2.21. The van der Waals surface area contributed by atoms with Crippen molar-refractivity contribution in [2.24, 2.45) is 0 Å². The number of hydrogen-bond acceptors (Lipinski definition) is 5. The zero-order valence-corrected chi connectivity index (χ0v) is 13.9. The molecular weight excluding hydrogens is 310 g/mol. The fourth-order valence-electron chi connectivity index (χ4n) is 2.22. The van der Waals surface area contributed by atoms with Gasteiger partial charge in [-0.3, -0.25) is 14.5 Å². The number of anilines is 1. The highest BCUT2D eigenvalue weighted by atomic mass is 16.5. The van der Waals surface area contributed by atoms with Crippen LogP contribution >= 0.6 is 0 Å². The summed E-state index contributed by atoms with van der Waals surface area (Å²) < 4.78 is 10.5. The third-order valence-electron chi connectivity index (χ3n) is 3.51. The minimum Gasteiger partial charge on any atom is -0.495 e. The predicted molar refractivity (Wildman–Crippen MR) is 89.8 cm³/mol. The molecule has 2 aromatic rings. The molecule has 0 aliphatic rings. The Labute approximate surface area is 140 Å². The van der Waals surface area contributed by atoms with Crippen molar-refractivity contribution in [1.29, 1.82) is 0 Å². The lowest BCUT2D eigenvalue weighted by Gasteiger charge is -2.22. The van der Waals surface area contributed by atoms with E-state index in [9.17, 15) is 9.59 Å². The Morgan fingerprint density at radius 2 is 1.92 bits per heavy atom. The molecule has 2 N–H and O–H groups in total. The van der Waals surface area contributed by atoms with Gasteiger partial charge in [0.1, 0.15) is 11.5 Å². The SMILES string of the molecule is COc1ccccc1NC(=O)C(=O)NC[C@H](c1ccco1)N(C)C. The molecule has 24 heavy (non-hydrogen) atoms. The first-order valence-corrected chi connectivity index (χ1v) is 7.45. The molecule has 1 heterocycles. The van der Waals surface area contributed by atoms with E-state index in [1.165, 1.54) is 7.11 Å². The second-order valence-electron chi connectivity index (χ2n) is 5.36. The number of ether oxygens (including phenoxy) is 1. The second kappa shape index (κ2) is 8.16. The summed E-state index contributed by atoms with van der Waals surface area (Å²) in [6.45, 7) is 0.249. The quantitative estimate of drug-likeness (QED) is 0.786. The minimum absolute atomic E-state index is 0.164. The summed E-state index contributed by atoms with van der Waals surface area (Å²) in [6.07, 6.45) is 1.57. The number of carbonyl (C=O) groups is 2. The number of furan rings is 1. The van der Waals surface area contributed by atoms with Crippen molar-refractivity contribution in [3.63, 3.8) is 0 Å². The number of para-hydroxylation sites is 2. The molecule has 0 bridgehead atoms. The molecule has 1 aromatic heterocycles. The number of benzene rings is 1. The fraction of sp³-hybridized carbons (Fsp3) is 0.294. The Morgan fingerprint density at radius 3 is 2.54 bits per heavy atom. The van der Waals surface area contributed by atoms with Crippen molar-refractivity contribution in [2.45, 2.75) is 6.04 Å². The van der Waals surface area contributed by atoms with Gasteiger partial charge in [0.2, 0.25) is 0 Å². The van der Waals surface area contributed by atoms with Crippen molar-refractivity contribution >= 4 is 17.5 Å². The van der Waals surface area contributed by atoms with Gasteiger partial charge in [-0.1, -0.05) is 12.1 Å². The summed E-state index contributed by atoms with van der Waals surface area (Å²) in [7, 11) is 5.23. The minimum atomic E-state index is -0.753. The van der Waals surface area contributed by atoms with Crippen molar-refractivity contribution in [1.82, 2.24) is 10.2 Å². The molecule has 2 amide bonds. The maximum absolute atomic E-state index is 12.0. The number of amides is 2. The van der Waals surface area contributed by atoms with E-state index in [1.807, 2.05) is 25.1 Å². The van der Waals surface area contributed by atoms with E-state index < -0.39 is 11.8 Å². The van der Waals surface area contributed by atoms with Crippen LogP contribution in [0.4, 0.5) is 5.69 Å². The number of methoxy groups -OCH3 is 1. The van der Waals surface area contributed by atoms with Gasteiger partial charge in [-0.25, -0.2) is 0 Å². The number of likely N-dealkylation sites (N-methyl/N-ethyl adjacent to an activating group) is 1. The van der Waals surface area contributed by atoms with Crippen LogP contribution in [0.2, 0.25) is 0 Å². The monoisotopic (exact) mass is 331 g/mol. The van der Waals surface area contributed by atoms with Crippen LogP contribution in [0.3, 0.4) is 0 Å². The maximum atomic E-state index is 12.0. The molecule has 0 saturated carbocycles. The van der Waals surface area contributed by atoms with Gasteiger partial charge in [0, 0.05) is 6.54 Å². The van der Waals surface area contributed by atoms with E-state index in [-0.39, 0.29) is 12.6 Å². The first-order chi connectivity index (χ1) is 11.5. The van der Waals surface area contributed by atoms with Crippen LogP contribution in [0.1, 0.15) is 11.8 Å². The summed E-state index contributed by atoms with van der Waals surface area (Å²) in [4.78, 5) is 26.0. The molecule has 2 rings (SSSR count). The van der Waals surface area contributed by atoms with Gasteiger partial charge in [-0.05, 0) is 38.4 Å². The third-order valence-corrected chi connectivity index (χ3v) is 3.51. The molecule has 1 aromatic carbocycles. The summed E-state index contributed by atoms with van der Waals surface area (Å²) in [6, 6.07) is 10.3. The lowest BCUT2D eigenvalue weighted by atomic mass is 10.2. The van der Waals surface area contributed by atoms with Crippen LogP contribution < -0.4 is 15.4 Å². The Morgan fingerprint density at radius 1 is 1.17 bits per heavy atom. The molecule has 0 fully saturated rings. The van der Waals surface area contributed by atoms with Crippen molar-refractivity contribution in [2.75, 3.05) is 33.1 Å². The molecule has 128 valence electrons. The van der Waals surface area contributed by atoms with E-state index in [1.54, 1.807) is 36.6 Å². The zero-order valence-electron chi connectivity index (χ0n) is 13.9. The lowest BCUT2D eigenvalue weighted by molar-refractivity contribution is -0.136. The largest absolute Gasteiger partial charge is 0.495 e. The van der Waals surface area contributed by atoms with Gasteiger partial charge in [-0.2, -0.15) is 0 Å². The molecule has 0 unspecified atom stereocenters. The number of rotatable bonds is 6. The van der Waals surface area contributed by atoms with Gasteiger partial charge >= 0.3 is 11.8 Å². The molecule has 0 aliphatic heterocycles. The highest BCUT2D eigenvalue weighted by molar-refractivity contribution is 6.39. The van der Waals surface area contributed by atoms with Gasteiger partial charge in [0.05, 0.1) is 25.1 Å². The molecule has 7 nitrogen and oxygen atoms in total. The normalized spacial score (nSPS) is 11.8. The van der Waals surface area contributed by atoms with Crippen LogP contribution in [0.25, 0.3) is 0 Å². The highest BCUT2D eigenvalue weighted by Crippen LogP contribution is 2.22. The van der Waals surface area contributed by atoms with Crippen LogP contribution in [0.5, 0.6) is 5.75 Å². The molecule has 0 saturated heterocycles. The van der Waals surface area contributed by atoms with Gasteiger partial charge in [0.15, 0.2) is 0 Å². The van der Waals surface area contributed by atoms with Crippen LogP contribution in [0.15, 0.2) is 47.1 Å².